The van der Waals surface area contributed by atoms with E-state index in [9.17, 15) is 28.4 Å². The van der Waals surface area contributed by atoms with Gasteiger partial charge in [-0.1, -0.05) is 25.7 Å². The molecular formula is C28H55N3O13P2. The highest BCUT2D eigenvalue weighted by molar-refractivity contribution is 7.51. The fraction of sp³-hybridized carbons (Fsp3) is 0.893. The Labute approximate surface area is 272 Å². The standard InChI is InChI=1S/C28H55N3O13P2/c1-23(32)29-14-12-27(31-24(2)33)28(34)30-13-8-7-9-25(21-41-26-10-5-4-6-11-26)22-44-46(37,38)43-20-18-40-16-15-39-17-19-42-45(3,35)36/h25-27H,4-22H2,1-3H3,(H,29,32)(H,30,34)(H,31,33)(H,35,36)(H,37,38)/t25?,27-/m0/s1. The van der Waals surface area contributed by atoms with Gasteiger partial charge >= 0.3 is 15.4 Å². The van der Waals surface area contributed by atoms with Gasteiger partial charge < -0.3 is 44.5 Å². The first kappa shape index (κ1) is 42.6. The second kappa shape index (κ2) is 24.7. The molecule has 0 aromatic heterocycles. The van der Waals surface area contributed by atoms with Gasteiger partial charge in [0.15, 0.2) is 0 Å². The van der Waals surface area contributed by atoms with Crippen molar-refractivity contribution in [3.05, 3.63) is 0 Å². The van der Waals surface area contributed by atoms with Crippen LogP contribution in [-0.4, -0.2) is 112 Å². The number of hydrogen-bond acceptors (Lipinski definition) is 11. The fourth-order valence-electron chi connectivity index (χ4n) is 4.55. The lowest BCUT2D eigenvalue weighted by Gasteiger charge is -2.25. The van der Waals surface area contributed by atoms with Crippen LogP contribution in [0.1, 0.15) is 71.6 Å². The molecule has 1 saturated carbocycles. The number of unbranched alkanes of at least 4 members (excludes halogenated alkanes) is 1. The maximum absolute atomic E-state index is 12.6. The van der Waals surface area contributed by atoms with Gasteiger partial charge in [-0.25, -0.2) is 4.57 Å². The Morgan fingerprint density at radius 1 is 0.761 bits per heavy atom. The van der Waals surface area contributed by atoms with E-state index in [-0.39, 0.29) is 89.0 Å². The lowest BCUT2D eigenvalue weighted by atomic mass is 9.97. The van der Waals surface area contributed by atoms with Gasteiger partial charge in [-0.3, -0.25) is 28.0 Å². The SMILES string of the molecule is CC(=O)NCC[C@H](NC(C)=O)C(=O)NCCCCC(COC1CCCCC1)COP(=O)(O)OCCOCCOCCOP(C)(=O)O. The van der Waals surface area contributed by atoms with Crippen LogP contribution in [0.15, 0.2) is 0 Å². The van der Waals surface area contributed by atoms with Crippen molar-refractivity contribution in [1.82, 2.24) is 16.0 Å². The van der Waals surface area contributed by atoms with Gasteiger partial charge in [0, 0.05) is 39.5 Å². The molecule has 1 rings (SSSR count). The Balaban J connectivity index is 2.40. The first-order valence-corrected chi connectivity index (χ1v) is 19.4. The summed E-state index contributed by atoms with van der Waals surface area (Å²) in [5.41, 5.74) is 0. The Morgan fingerprint density at radius 3 is 2.00 bits per heavy atom. The van der Waals surface area contributed by atoms with E-state index in [2.05, 4.69) is 20.5 Å². The molecule has 0 aromatic carbocycles. The molecule has 0 bridgehead atoms. The van der Waals surface area contributed by atoms with Gasteiger partial charge in [-0.05, 0) is 32.1 Å². The maximum Gasteiger partial charge on any atom is 0.472 e. The van der Waals surface area contributed by atoms with E-state index in [1.807, 2.05) is 0 Å². The number of phosphoric ester groups is 1. The Kier molecular flexibility index (Phi) is 22.8. The Morgan fingerprint density at radius 2 is 1.39 bits per heavy atom. The number of rotatable bonds is 27. The molecule has 0 aromatic rings. The maximum atomic E-state index is 12.6. The highest BCUT2D eigenvalue weighted by Gasteiger charge is 2.25. The topological polar surface area (TPSA) is 217 Å². The van der Waals surface area contributed by atoms with E-state index in [4.69, 9.17) is 28.2 Å². The van der Waals surface area contributed by atoms with Crippen molar-refractivity contribution in [3.8, 4) is 0 Å². The summed E-state index contributed by atoms with van der Waals surface area (Å²) in [5.74, 6) is -1.07. The summed E-state index contributed by atoms with van der Waals surface area (Å²) in [4.78, 5) is 54.4. The van der Waals surface area contributed by atoms with Crippen LogP contribution in [0.25, 0.3) is 0 Å². The molecule has 18 heteroatoms. The van der Waals surface area contributed by atoms with Crippen LogP contribution in [-0.2, 0) is 51.3 Å². The number of amides is 3. The van der Waals surface area contributed by atoms with E-state index >= 15 is 0 Å². The third kappa shape index (κ3) is 24.7. The third-order valence-electron chi connectivity index (χ3n) is 6.85. The van der Waals surface area contributed by atoms with Crippen molar-refractivity contribution in [1.29, 1.82) is 0 Å². The van der Waals surface area contributed by atoms with Crippen LogP contribution in [0.5, 0.6) is 0 Å². The van der Waals surface area contributed by atoms with Crippen molar-refractivity contribution < 1.29 is 61.1 Å². The zero-order valence-electron chi connectivity index (χ0n) is 27.4. The molecule has 0 aliphatic heterocycles. The molecule has 270 valence electrons. The molecule has 0 saturated heterocycles. The van der Waals surface area contributed by atoms with Crippen molar-refractivity contribution >= 4 is 33.1 Å². The molecule has 1 fully saturated rings. The zero-order valence-corrected chi connectivity index (χ0v) is 29.2. The number of hydrogen-bond donors (Lipinski definition) is 5. The van der Waals surface area contributed by atoms with E-state index < -0.39 is 21.5 Å². The van der Waals surface area contributed by atoms with E-state index in [0.29, 0.717) is 32.4 Å². The van der Waals surface area contributed by atoms with Crippen LogP contribution in [0.3, 0.4) is 0 Å². The molecule has 4 atom stereocenters. The Hall–Kier alpha value is -1.45. The first-order chi connectivity index (χ1) is 21.8. The van der Waals surface area contributed by atoms with Crippen LogP contribution in [0.2, 0.25) is 0 Å². The van der Waals surface area contributed by atoms with E-state index in [1.165, 1.54) is 20.3 Å². The van der Waals surface area contributed by atoms with E-state index in [1.54, 1.807) is 0 Å². The Bertz CT molecular complexity index is 963. The minimum absolute atomic E-state index is 0.0237. The predicted octanol–water partition coefficient (Wildman–Crippen LogP) is 2.27. The monoisotopic (exact) mass is 703 g/mol. The molecule has 3 unspecified atom stereocenters. The summed E-state index contributed by atoms with van der Waals surface area (Å²) < 4.78 is 55.0. The smallest absolute Gasteiger partial charge is 0.378 e. The molecule has 46 heavy (non-hydrogen) atoms. The van der Waals surface area contributed by atoms with Gasteiger partial charge in [0.2, 0.25) is 17.7 Å². The van der Waals surface area contributed by atoms with Crippen LogP contribution >= 0.6 is 15.4 Å². The summed E-state index contributed by atoms with van der Waals surface area (Å²) in [7, 11) is -7.87. The fourth-order valence-corrected chi connectivity index (χ4v) is 5.75. The van der Waals surface area contributed by atoms with Gasteiger partial charge in [-0.2, -0.15) is 0 Å². The molecule has 1 aliphatic carbocycles. The number of ether oxygens (including phenoxy) is 3. The number of carbonyl (C=O) groups excluding carboxylic acids is 3. The second-order valence-electron chi connectivity index (χ2n) is 11.2. The molecular weight excluding hydrogens is 648 g/mol. The van der Waals surface area contributed by atoms with Crippen LogP contribution < -0.4 is 16.0 Å². The highest BCUT2D eigenvalue weighted by atomic mass is 31.2. The minimum atomic E-state index is -4.34. The lowest BCUT2D eigenvalue weighted by Crippen LogP contribution is -2.47. The average Bonchev–Trinajstić information content (AvgIpc) is 2.97. The van der Waals surface area contributed by atoms with E-state index in [0.717, 1.165) is 32.3 Å². The summed E-state index contributed by atoms with van der Waals surface area (Å²) in [5, 5.41) is 8.03. The molecule has 3 amide bonds. The zero-order chi connectivity index (χ0) is 34.3. The molecule has 0 radical (unpaired) electrons. The molecule has 16 nitrogen and oxygen atoms in total. The van der Waals surface area contributed by atoms with Gasteiger partial charge in [-0.15, -0.1) is 0 Å². The minimum Gasteiger partial charge on any atom is -0.378 e. The number of carbonyl (C=O) groups is 3. The first-order valence-electron chi connectivity index (χ1n) is 15.9. The largest absolute Gasteiger partial charge is 0.472 e. The molecule has 0 spiro atoms. The van der Waals surface area contributed by atoms with Crippen molar-refractivity contribution in [2.45, 2.75) is 83.8 Å². The second-order valence-corrected chi connectivity index (χ2v) is 14.5. The molecule has 0 heterocycles. The summed E-state index contributed by atoms with van der Waals surface area (Å²) in [6, 6.07) is -0.761. The third-order valence-corrected chi connectivity index (χ3v) is 8.49. The van der Waals surface area contributed by atoms with Crippen LogP contribution in [0.4, 0.5) is 0 Å². The van der Waals surface area contributed by atoms with Crippen molar-refractivity contribution in [2.24, 2.45) is 5.92 Å². The quantitative estimate of drug-likeness (QED) is 0.0614. The highest BCUT2D eigenvalue weighted by Crippen LogP contribution is 2.43. The average molecular weight is 704 g/mol. The summed E-state index contributed by atoms with van der Waals surface area (Å²) in [6.07, 6.45) is 7.77. The summed E-state index contributed by atoms with van der Waals surface area (Å²) >= 11 is 0. The normalized spacial score (nSPS) is 17.8. The molecule has 1 aliphatic rings. The van der Waals surface area contributed by atoms with Crippen molar-refractivity contribution in [3.63, 3.8) is 0 Å². The van der Waals surface area contributed by atoms with Gasteiger partial charge in [0.05, 0.1) is 59.0 Å². The van der Waals surface area contributed by atoms with Crippen LogP contribution in [0, 0.1) is 5.92 Å². The van der Waals surface area contributed by atoms with Crippen molar-refractivity contribution in [2.75, 3.05) is 72.6 Å². The van der Waals surface area contributed by atoms with Gasteiger partial charge in [0.25, 0.3) is 0 Å². The number of nitrogens with one attached hydrogen (secondary N) is 3. The summed E-state index contributed by atoms with van der Waals surface area (Å²) in [6.45, 7) is 5.09. The van der Waals surface area contributed by atoms with Gasteiger partial charge in [0.1, 0.15) is 6.04 Å². The lowest BCUT2D eigenvalue weighted by molar-refractivity contribution is -0.128. The predicted molar refractivity (Wildman–Crippen MR) is 169 cm³/mol. The number of phosphoric acid groups is 1. The molecule has 5 N–H and O–H groups in total.